The molecule has 0 bridgehead atoms. The largest absolute Gasteiger partial charge is 0.352 e. The third-order valence-corrected chi connectivity index (χ3v) is 3.43. The van der Waals surface area contributed by atoms with Crippen molar-refractivity contribution in [1.82, 2.24) is 5.32 Å². The van der Waals surface area contributed by atoms with E-state index in [0.29, 0.717) is 6.54 Å². The van der Waals surface area contributed by atoms with E-state index in [0.717, 1.165) is 24.8 Å². The molecule has 0 heterocycles. The molecule has 2 atom stereocenters. The van der Waals surface area contributed by atoms with E-state index < -0.39 is 0 Å². The minimum absolute atomic E-state index is 0. The molecule has 1 fully saturated rings. The molecule has 0 aliphatic heterocycles. The van der Waals surface area contributed by atoms with Gasteiger partial charge in [-0.05, 0) is 31.7 Å². The Morgan fingerprint density at radius 3 is 2.56 bits per heavy atom. The number of carbonyl (C=O) groups is 1. The fraction of sp³-hybridized carbons (Fsp3) is 0.500. The summed E-state index contributed by atoms with van der Waals surface area (Å²) in [4.78, 5) is 11.9. The summed E-state index contributed by atoms with van der Waals surface area (Å²) < 4.78 is 0. The first-order valence-corrected chi connectivity index (χ1v) is 6.24. The van der Waals surface area contributed by atoms with Crippen LogP contribution in [0.25, 0.3) is 0 Å². The Bertz CT molecular complexity index is 391. The van der Waals surface area contributed by atoms with E-state index in [4.69, 9.17) is 5.73 Å². The highest BCUT2D eigenvalue weighted by atomic mass is 35.5. The summed E-state index contributed by atoms with van der Waals surface area (Å²) in [7, 11) is 0. The zero-order chi connectivity index (χ0) is 12.3. The summed E-state index contributed by atoms with van der Waals surface area (Å²) in [5.74, 6) is 0.272. The lowest BCUT2D eigenvalue weighted by atomic mass is 10.1. The molecule has 0 saturated heterocycles. The maximum atomic E-state index is 11.9. The van der Waals surface area contributed by atoms with Gasteiger partial charge in [0.15, 0.2) is 0 Å². The topological polar surface area (TPSA) is 55.1 Å². The average Bonchev–Trinajstić information content (AvgIpc) is 2.75. The monoisotopic (exact) mass is 268 g/mol. The molecule has 0 spiro atoms. The fourth-order valence-electron chi connectivity index (χ4n) is 2.29. The summed E-state index contributed by atoms with van der Waals surface area (Å²) in [6.07, 6.45) is 2.74. The molecule has 4 heteroatoms. The second-order valence-corrected chi connectivity index (χ2v) is 4.97. The SMILES string of the molecule is Cc1ccc(CNC(=O)C2CCC(N)C2)cc1.Cl. The van der Waals surface area contributed by atoms with Gasteiger partial charge in [0.1, 0.15) is 0 Å². The number of nitrogens with two attached hydrogens (primary N) is 1. The summed E-state index contributed by atoms with van der Waals surface area (Å²) in [5.41, 5.74) is 8.19. The van der Waals surface area contributed by atoms with E-state index in [1.54, 1.807) is 0 Å². The summed E-state index contributed by atoms with van der Waals surface area (Å²) >= 11 is 0. The van der Waals surface area contributed by atoms with Crippen LogP contribution in [0.4, 0.5) is 0 Å². The zero-order valence-electron chi connectivity index (χ0n) is 10.7. The van der Waals surface area contributed by atoms with E-state index in [2.05, 4.69) is 36.5 Å². The predicted molar refractivity (Wildman–Crippen MR) is 75.6 cm³/mol. The molecule has 0 aromatic heterocycles. The van der Waals surface area contributed by atoms with Crippen LogP contribution in [0.5, 0.6) is 0 Å². The van der Waals surface area contributed by atoms with Crippen LogP contribution < -0.4 is 11.1 Å². The number of hydrogen-bond acceptors (Lipinski definition) is 2. The third kappa shape index (κ3) is 4.00. The van der Waals surface area contributed by atoms with Gasteiger partial charge in [-0.1, -0.05) is 29.8 Å². The lowest BCUT2D eigenvalue weighted by Gasteiger charge is -2.10. The number of hydrogen-bond donors (Lipinski definition) is 2. The number of halogens is 1. The van der Waals surface area contributed by atoms with E-state index in [-0.39, 0.29) is 30.3 Å². The molecule has 1 amide bonds. The van der Waals surface area contributed by atoms with Crippen molar-refractivity contribution in [3.05, 3.63) is 35.4 Å². The van der Waals surface area contributed by atoms with Gasteiger partial charge >= 0.3 is 0 Å². The van der Waals surface area contributed by atoms with Crippen molar-refractivity contribution in [2.24, 2.45) is 11.7 Å². The average molecular weight is 269 g/mol. The Balaban J connectivity index is 0.00000162. The first kappa shape index (κ1) is 15.0. The summed E-state index contributed by atoms with van der Waals surface area (Å²) in [6, 6.07) is 8.44. The maximum Gasteiger partial charge on any atom is 0.223 e. The Kier molecular flexibility index (Phi) is 5.63. The molecule has 2 rings (SSSR count). The van der Waals surface area contributed by atoms with Crippen molar-refractivity contribution in [3.63, 3.8) is 0 Å². The normalized spacial score (nSPS) is 22.3. The number of benzene rings is 1. The van der Waals surface area contributed by atoms with Crippen LogP contribution in [-0.4, -0.2) is 11.9 Å². The number of rotatable bonds is 3. The summed E-state index contributed by atoms with van der Waals surface area (Å²) in [6.45, 7) is 2.67. The van der Waals surface area contributed by atoms with Crippen molar-refractivity contribution >= 4 is 18.3 Å². The highest BCUT2D eigenvalue weighted by Gasteiger charge is 2.27. The van der Waals surface area contributed by atoms with E-state index in [9.17, 15) is 4.79 Å². The molecular weight excluding hydrogens is 248 g/mol. The van der Waals surface area contributed by atoms with E-state index >= 15 is 0 Å². The molecule has 2 unspecified atom stereocenters. The first-order valence-electron chi connectivity index (χ1n) is 6.24. The lowest BCUT2D eigenvalue weighted by molar-refractivity contribution is -0.125. The number of amides is 1. The Morgan fingerprint density at radius 2 is 2.00 bits per heavy atom. The van der Waals surface area contributed by atoms with Crippen molar-refractivity contribution in [1.29, 1.82) is 0 Å². The van der Waals surface area contributed by atoms with Gasteiger partial charge < -0.3 is 11.1 Å². The fourth-order valence-corrected chi connectivity index (χ4v) is 2.29. The molecule has 1 aromatic carbocycles. The molecular formula is C14H21ClN2O. The van der Waals surface area contributed by atoms with Crippen LogP contribution >= 0.6 is 12.4 Å². The van der Waals surface area contributed by atoms with Gasteiger partial charge in [0, 0.05) is 18.5 Å². The standard InChI is InChI=1S/C14H20N2O.ClH/c1-10-2-4-11(5-3-10)9-16-14(17)12-6-7-13(15)8-12;/h2-5,12-13H,6-9,15H2,1H3,(H,16,17);1H. The van der Waals surface area contributed by atoms with Crippen LogP contribution in [0.2, 0.25) is 0 Å². The van der Waals surface area contributed by atoms with Gasteiger partial charge in [-0.2, -0.15) is 0 Å². The Labute approximate surface area is 115 Å². The molecule has 3 N–H and O–H groups in total. The van der Waals surface area contributed by atoms with Gasteiger partial charge in [-0.15, -0.1) is 12.4 Å². The highest BCUT2D eigenvalue weighted by molar-refractivity contribution is 5.85. The molecule has 1 aromatic rings. The van der Waals surface area contributed by atoms with Crippen LogP contribution in [-0.2, 0) is 11.3 Å². The molecule has 1 aliphatic rings. The first-order chi connectivity index (χ1) is 8.15. The number of carbonyl (C=O) groups excluding carboxylic acids is 1. The van der Waals surface area contributed by atoms with E-state index in [1.165, 1.54) is 5.56 Å². The van der Waals surface area contributed by atoms with Gasteiger partial charge in [-0.3, -0.25) is 4.79 Å². The molecule has 100 valence electrons. The smallest absolute Gasteiger partial charge is 0.223 e. The highest BCUT2D eigenvalue weighted by Crippen LogP contribution is 2.24. The lowest BCUT2D eigenvalue weighted by Crippen LogP contribution is -2.29. The quantitative estimate of drug-likeness (QED) is 0.883. The van der Waals surface area contributed by atoms with Crippen LogP contribution in [0.1, 0.15) is 30.4 Å². The van der Waals surface area contributed by atoms with E-state index in [1.807, 2.05) is 0 Å². The number of nitrogens with one attached hydrogen (secondary N) is 1. The van der Waals surface area contributed by atoms with Crippen molar-refractivity contribution in [2.75, 3.05) is 0 Å². The maximum absolute atomic E-state index is 11.9. The van der Waals surface area contributed by atoms with Gasteiger partial charge in [0.05, 0.1) is 0 Å². The van der Waals surface area contributed by atoms with Crippen LogP contribution in [0.3, 0.4) is 0 Å². The zero-order valence-corrected chi connectivity index (χ0v) is 11.5. The second kappa shape index (κ2) is 6.76. The van der Waals surface area contributed by atoms with Crippen molar-refractivity contribution in [2.45, 2.75) is 38.8 Å². The van der Waals surface area contributed by atoms with Gasteiger partial charge in [-0.25, -0.2) is 0 Å². The second-order valence-electron chi connectivity index (χ2n) is 4.97. The Morgan fingerprint density at radius 1 is 1.33 bits per heavy atom. The predicted octanol–water partition coefficient (Wildman–Crippen LogP) is 2.16. The molecule has 18 heavy (non-hydrogen) atoms. The van der Waals surface area contributed by atoms with Crippen molar-refractivity contribution < 1.29 is 4.79 Å². The molecule has 1 aliphatic carbocycles. The minimum atomic E-state index is 0. The summed E-state index contributed by atoms with van der Waals surface area (Å²) in [5, 5.41) is 2.99. The minimum Gasteiger partial charge on any atom is -0.352 e. The van der Waals surface area contributed by atoms with Crippen LogP contribution in [0.15, 0.2) is 24.3 Å². The number of aryl methyl sites for hydroxylation is 1. The van der Waals surface area contributed by atoms with Crippen molar-refractivity contribution in [3.8, 4) is 0 Å². The molecule has 3 nitrogen and oxygen atoms in total. The van der Waals surface area contributed by atoms with Crippen LogP contribution in [0, 0.1) is 12.8 Å². The Hall–Kier alpha value is -1.06. The van der Waals surface area contributed by atoms with Gasteiger partial charge in [0.2, 0.25) is 5.91 Å². The third-order valence-electron chi connectivity index (χ3n) is 3.43. The van der Waals surface area contributed by atoms with Gasteiger partial charge in [0.25, 0.3) is 0 Å². The molecule has 0 radical (unpaired) electrons. The molecule has 1 saturated carbocycles.